The van der Waals surface area contributed by atoms with E-state index >= 15 is 0 Å². The fourth-order valence-corrected chi connectivity index (χ4v) is 3.42. The second kappa shape index (κ2) is 7.65. The number of phenolic OH excluding ortho intramolecular Hbond substituents is 1. The van der Waals surface area contributed by atoms with Gasteiger partial charge in [-0.05, 0) is 24.6 Å². The van der Waals surface area contributed by atoms with Gasteiger partial charge in [0.05, 0.1) is 33.6 Å². The monoisotopic (exact) mass is 373 g/mol. The number of aromatic hydroxyl groups is 1. The molecule has 1 amide bonds. The van der Waals surface area contributed by atoms with Crippen molar-refractivity contribution in [3.8, 4) is 28.7 Å². The largest absolute Gasteiger partial charge is 0.504 e. The van der Waals surface area contributed by atoms with Crippen molar-refractivity contribution in [1.82, 2.24) is 0 Å². The number of hydrogen-bond donors (Lipinski definition) is 2. The van der Waals surface area contributed by atoms with Crippen LogP contribution >= 0.6 is 0 Å². The number of ether oxygens (including phenoxy) is 4. The van der Waals surface area contributed by atoms with Gasteiger partial charge in [-0.3, -0.25) is 4.79 Å². The Morgan fingerprint density at radius 1 is 1.07 bits per heavy atom. The summed E-state index contributed by atoms with van der Waals surface area (Å²) in [6.07, 6.45) is 0.231. The molecule has 144 valence electrons. The van der Waals surface area contributed by atoms with Crippen molar-refractivity contribution in [2.24, 2.45) is 0 Å². The highest BCUT2D eigenvalue weighted by Crippen LogP contribution is 2.51. The van der Waals surface area contributed by atoms with Crippen molar-refractivity contribution < 1.29 is 28.8 Å². The van der Waals surface area contributed by atoms with Gasteiger partial charge in [0.15, 0.2) is 23.0 Å². The molecule has 0 spiro atoms. The third-order valence-corrected chi connectivity index (χ3v) is 4.57. The quantitative estimate of drug-likeness (QED) is 0.808. The minimum atomic E-state index is -0.289. The molecule has 0 aliphatic carbocycles. The number of rotatable bonds is 6. The molecule has 2 aromatic carbocycles. The van der Waals surface area contributed by atoms with Crippen molar-refractivity contribution in [2.45, 2.75) is 19.3 Å². The van der Waals surface area contributed by atoms with Crippen LogP contribution in [0.1, 0.15) is 30.4 Å². The lowest BCUT2D eigenvalue weighted by atomic mass is 9.83. The van der Waals surface area contributed by atoms with Gasteiger partial charge in [-0.15, -0.1) is 0 Å². The van der Waals surface area contributed by atoms with Crippen LogP contribution in [0.25, 0.3) is 0 Å². The number of hydrogen-bond acceptors (Lipinski definition) is 6. The topological polar surface area (TPSA) is 86.3 Å². The summed E-state index contributed by atoms with van der Waals surface area (Å²) in [5.41, 5.74) is 2.23. The smallest absolute Gasteiger partial charge is 0.225 e. The molecule has 2 aromatic rings. The number of phenols is 1. The summed E-state index contributed by atoms with van der Waals surface area (Å²) in [6.45, 7) is 2.27. The summed E-state index contributed by atoms with van der Waals surface area (Å²) >= 11 is 0. The summed E-state index contributed by atoms with van der Waals surface area (Å²) in [5.74, 6) is 1.46. The first-order valence-electron chi connectivity index (χ1n) is 8.62. The molecule has 1 atom stereocenters. The van der Waals surface area contributed by atoms with E-state index in [9.17, 15) is 9.90 Å². The molecule has 7 nitrogen and oxygen atoms in total. The van der Waals surface area contributed by atoms with Crippen LogP contribution in [0.3, 0.4) is 0 Å². The Morgan fingerprint density at radius 2 is 1.81 bits per heavy atom. The van der Waals surface area contributed by atoms with E-state index in [0.29, 0.717) is 35.3 Å². The molecule has 3 rings (SSSR count). The highest BCUT2D eigenvalue weighted by atomic mass is 16.5. The van der Waals surface area contributed by atoms with Gasteiger partial charge in [0, 0.05) is 24.0 Å². The molecule has 1 aliphatic heterocycles. The minimum absolute atomic E-state index is 0.0559. The van der Waals surface area contributed by atoms with Crippen LogP contribution < -0.4 is 24.3 Å². The van der Waals surface area contributed by atoms with Gasteiger partial charge < -0.3 is 29.4 Å². The van der Waals surface area contributed by atoms with E-state index in [1.807, 2.05) is 6.92 Å². The molecule has 0 fully saturated rings. The molecule has 0 unspecified atom stereocenters. The van der Waals surface area contributed by atoms with Gasteiger partial charge in [-0.25, -0.2) is 0 Å². The first kappa shape index (κ1) is 18.7. The normalized spacial score (nSPS) is 15.6. The van der Waals surface area contributed by atoms with Gasteiger partial charge in [0.25, 0.3) is 0 Å². The second-order valence-corrected chi connectivity index (χ2v) is 6.07. The molecule has 0 bridgehead atoms. The van der Waals surface area contributed by atoms with Crippen molar-refractivity contribution in [3.05, 3.63) is 35.4 Å². The first-order chi connectivity index (χ1) is 13.0. The molecule has 1 aliphatic rings. The van der Waals surface area contributed by atoms with Gasteiger partial charge in [0.2, 0.25) is 11.7 Å². The predicted molar refractivity (Wildman–Crippen MR) is 100 cm³/mol. The van der Waals surface area contributed by atoms with Crippen molar-refractivity contribution in [1.29, 1.82) is 0 Å². The summed E-state index contributed by atoms with van der Waals surface area (Å²) in [6, 6.07) is 6.83. The lowest BCUT2D eigenvalue weighted by Crippen LogP contribution is -2.24. The summed E-state index contributed by atoms with van der Waals surface area (Å²) in [7, 11) is 4.62. The maximum Gasteiger partial charge on any atom is 0.225 e. The second-order valence-electron chi connectivity index (χ2n) is 6.07. The molecule has 7 heteroatoms. The average Bonchev–Trinajstić information content (AvgIpc) is 2.67. The Hall–Kier alpha value is -3.09. The number of carbonyl (C=O) groups excluding carboxylic acids is 1. The van der Waals surface area contributed by atoms with E-state index in [1.54, 1.807) is 31.4 Å². The van der Waals surface area contributed by atoms with E-state index < -0.39 is 0 Å². The Bertz CT molecular complexity index is 864. The zero-order valence-corrected chi connectivity index (χ0v) is 15.8. The Morgan fingerprint density at radius 3 is 2.44 bits per heavy atom. The Kier molecular flexibility index (Phi) is 5.30. The molecule has 0 saturated heterocycles. The fourth-order valence-electron chi connectivity index (χ4n) is 3.42. The van der Waals surface area contributed by atoms with Crippen LogP contribution in [0.15, 0.2) is 24.3 Å². The zero-order chi connectivity index (χ0) is 19.6. The van der Waals surface area contributed by atoms with E-state index in [1.165, 1.54) is 14.2 Å². The number of methoxy groups -OCH3 is 3. The standard InChI is InChI=1S/C20H23NO6/c1-5-27-15-8-11(6-7-14(15)22)12-9-17(23)21-13-10-16(24-2)19(25-3)20(26-4)18(12)13/h6-8,10,12,22H,5,9H2,1-4H3,(H,21,23)/t12-/m1/s1. The Balaban J connectivity index is 2.21. The number of carbonyl (C=O) groups is 1. The van der Waals surface area contributed by atoms with Crippen LogP contribution in [-0.2, 0) is 4.79 Å². The van der Waals surface area contributed by atoms with E-state index in [4.69, 9.17) is 18.9 Å². The van der Waals surface area contributed by atoms with Gasteiger partial charge >= 0.3 is 0 Å². The maximum atomic E-state index is 12.3. The number of anilines is 1. The number of amides is 1. The molecule has 0 aromatic heterocycles. The van der Waals surface area contributed by atoms with Gasteiger partial charge in [-0.1, -0.05) is 6.07 Å². The van der Waals surface area contributed by atoms with Crippen LogP contribution in [-0.4, -0.2) is 38.9 Å². The third-order valence-electron chi connectivity index (χ3n) is 4.57. The molecule has 27 heavy (non-hydrogen) atoms. The van der Waals surface area contributed by atoms with Gasteiger partial charge in [0.1, 0.15) is 0 Å². The third kappa shape index (κ3) is 3.32. The molecule has 2 N–H and O–H groups in total. The first-order valence-corrected chi connectivity index (χ1v) is 8.62. The minimum Gasteiger partial charge on any atom is -0.504 e. The highest BCUT2D eigenvalue weighted by molar-refractivity contribution is 5.97. The van der Waals surface area contributed by atoms with Crippen molar-refractivity contribution >= 4 is 11.6 Å². The SMILES string of the molecule is CCOc1cc([C@H]2CC(=O)Nc3cc(OC)c(OC)c(OC)c32)ccc1O. The van der Waals surface area contributed by atoms with Crippen LogP contribution in [0.4, 0.5) is 5.69 Å². The average molecular weight is 373 g/mol. The van der Waals surface area contributed by atoms with E-state index in [0.717, 1.165) is 11.1 Å². The lowest BCUT2D eigenvalue weighted by molar-refractivity contribution is -0.116. The van der Waals surface area contributed by atoms with Crippen LogP contribution in [0, 0.1) is 0 Å². The number of benzene rings is 2. The highest BCUT2D eigenvalue weighted by Gasteiger charge is 2.33. The van der Waals surface area contributed by atoms with E-state index in [-0.39, 0.29) is 24.0 Å². The lowest BCUT2D eigenvalue weighted by Gasteiger charge is -2.29. The molecule has 0 saturated carbocycles. The van der Waals surface area contributed by atoms with Crippen molar-refractivity contribution in [3.63, 3.8) is 0 Å². The van der Waals surface area contributed by atoms with Crippen LogP contribution in [0.5, 0.6) is 28.7 Å². The van der Waals surface area contributed by atoms with Crippen molar-refractivity contribution in [2.75, 3.05) is 33.3 Å². The number of nitrogens with one attached hydrogen (secondary N) is 1. The summed E-state index contributed by atoms with van der Waals surface area (Å²) in [5, 5.41) is 12.9. The summed E-state index contributed by atoms with van der Waals surface area (Å²) < 4.78 is 22.0. The van der Waals surface area contributed by atoms with E-state index in [2.05, 4.69) is 5.32 Å². The zero-order valence-electron chi connectivity index (χ0n) is 15.8. The summed E-state index contributed by atoms with van der Waals surface area (Å²) in [4.78, 5) is 12.3. The molecule has 1 heterocycles. The fraction of sp³-hybridized carbons (Fsp3) is 0.350. The maximum absolute atomic E-state index is 12.3. The molecule has 0 radical (unpaired) electrons. The van der Waals surface area contributed by atoms with Crippen LogP contribution in [0.2, 0.25) is 0 Å². The van der Waals surface area contributed by atoms with Gasteiger partial charge in [-0.2, -0.15) is 0 Å². The number of fused-ring (bicyclic) bond motifs is 1. The molecular weight excluding hydrogens is 350 g/mol. The predicted octanol–water partition coefficient (Wildman–Crippen LogP) is 3.29. The molecular formula is C20H23NO6. The Labute approximate surface area is 157 Å².